The van der Waals surface area contributed by atoms with Crippen LogP contribution in [0.2, 0.25) is 0 Å². The zero-order chi connectivity index (χ0) is 7.72. The van der Waals surface area contributed by atoms with Crippen LogP contribution in [0.4, 0.5) is 0 Å². The second-order valence-corrected chi connectivity index (χ2v) is 5.31. The molecule has 0 spiro atoms. The van der Waals surface area contributed by atoms with Gasteiger partial charge in [0.25, 0.3) is 0 Å². The van der Waals surface area contributed by atoms with Crippen molar-refractivity contribution < 1.29 is 0 Å². The zero-order valence-electron chi connectivity index (χ0n) is 6.82. The lowest BCUT2D eigenvalue weighted by Crippen LogP contribution is -1.66. The Kier molecular flexibility index (Phi) is 2.53. The van der Waals surface area contributed by atoms with E-state index in [-0.39, 0.29) is 0 Å². The largest absolute Gasteiger partial charge is 0.0867 e. The molecule has 1 aliphatic heterocycles. The number of hydrogen-bond donors (Lipinski definition) is 0. The predicted octanol–water partition coefficient (Wildman–Crippen LogP) is 3.97. The van der Waals surface area contributed by atoms with Crippen molar-refractivity contribution in [3.63, 3.8) is 0 Å². The van der Waals surface area contributed by atoms with Gasteiger partial charge >= 0.3 is 0 Å². The van der Waals surface area contributed by atoms with Crippen molar-refractivity contribution in [2.24, 2.45) is 0 Å². The quantitative estimate of drug-likeness (QED) is 0.542. The van der Waals surface area contributed by atoms with E-state index in [2.05, 4.69) is 27.7 Å². The van der Waals surface area contributed by atoms with E-state index < -0.39 is 0 Å². The average molecular weight is 172 g/mol. The first-order valence-electron chi connectivity index (χ1n) is 3.32. The molecular formula is C8H12S2. The van der Waals surface area contributed by atoms with Gasteiger partial charge in [-0.05, 0) is 37.5 Å². The summed E-state index contributed by atoms with van der Waals surface area (Å²) in [4.78, 5) is 2.92. The number of allylic oxidation sites excluding steroid dienone is 3. The first-order chi connectivity index (χ1) is 4.61. The van der Waals surface area contributed by atoms with Crippen LogP contribution < -0.4 is 0 Å². The fourth-order valence-electron chi connectivity index (χ4n) is 0.647. The van der Waals surface area contributed by atoms with Gasteiger partial charge in [0.1, 0.15) is 0 Å². The minimum atomic E-state index is 1.44. The molecule has 1 aliphatic rings. The molecule has 1 rings (SSSR count). The van der Waals surface area contributed by atoms with Crippen molar-refractivity contribution in [2.75, 3.05) is 0 Å². The molecule has 0 unspecified atom stereocenters. The van der Waals surface area contributed by atoms with Crippen LogP contribution in [0.25, 0.3) is 0 Å². The Balaban J connectivity index is 2.78. The van der Waals surface area contributed by atoms with Crippen LogP contribution in [0.5, 0.6) is 0 Å². The fraction of sp³-hybridized carbons (Fsp3) is 0.500. The maximum absolute atomic E-state index is 2.18. The SMILES string of the molecule is CC(C)=C1SC(C)=C(C)S1. The Morgan fingerprint density at radius 1 is 1.00 bits per heavy atom. The minimum Gasteiger partial charge on any atom is -0.0867 e. The number of hydrogen-bond acceptors (Lipinski definition) is 2. The summed E-state index contributed by atoms with van der Waals surface area (Å²) in [5.41, 5.74) is 1.44. The Labute approximate surface area is 71.2 Å². The molecule has 0 aromatic carbocycles. The van der Waals surface area contributed by atoms with E-state index in [1.807, 2.05) is 23.5 Å². The molecule has 0 bridgehead atoms. The smallest absolute Gasteiger partial charge is 0.0479 e. The van der Waals surface area contributed by atoms with E-state index >= 15 is 0 Å². The lowest BCUT2D eigenvalue weighted by molar-refractivity contribution is 1.41. The average Bonchev–Trinajstić information content (AvgIpc) is 2.13. The highest BCUT2D eigenvalue weighted by molar-refractivity contribution is 8.28. The second kappa shape index (κ2) is 3.05. The predicted molar refractivity (Wildman–Crippen MR) is 51.9 cm³/mol. The van der Waals surface area contributed by atoms with Gasteiger partial charge in [0, 0.05) is 4.24 Å². The minimum absolute atomic E-state index is 1.44. The third-order valence-corrected chi connectivity index (χ3v) is 4.44. The zero-order valence-corrected chi connectivity index (χ0v) is 8.45. The molecule has 1 heterocycles. The maximum atomic E-state index is 2.18. The highest BCUT2D eigenvalue weighted by atomic mass is 32.2. The van der Waals surface area contributed by atoms with Crippen molar-refractivity contribution in [1.29, 1.82) is 0 Å². The van der Waals surface area contributed by atoms with Crippen molar-refractivity contribution in [3.05, 3.63) is 19.6 Å². The standard InChI is InChI=1S/C8H12S2/c1-5(2)8-9-6(3)7(4)10-8/h1-4H3. The molecule has 0 radical (unpaired) electrons. The molecule has 0 atom stereocenters. The van der Waals surface area contributed by atoms with E-state index in [0.29, 0.717) is 0 Å². The highest BCUT2D eigenvalue weighted by Gasteiger charge is 2.14. The summed E-state index contributed by atoms with van der Waals surface area (Å²) < 4.78 is 1.47. The maximum Gasteiger partial charge on any atom is 0.0479 e. The van der Waals surface area contributed by atoms with Gasteiger partial charge in [-0.3, -0.25) is 0 Å². The van der Waals surface area contributed by atoms with Crippen molar-refractivity contribution >= 4 is 23.5 Å². The lowest BCUT2D eigenvalue weighted by Gasteiger charge is -1.96. The summed E-state index contributed by atoms with van der Waals surface area (Å²) in [5, 5.41) is 0. The molecule has 0 aromatic heterocycles. The van der Waals surface area contributed by atoms with Gasteiger partial charge in [0.15, 0.2) is 0 Å². The highest BCUT2D eigenvalue weighted by Crippen LogP contribution is 2.49. The molecule has 0 amide bonds. The summed E-state index contributed by atoms with van der Waals surface area (Å²) >= 11 is 3.81. The van der Waals surface area contributed by atoms with Crippen molar-refractivity contribution in [3.8, 4) is 0 Å². The molecule has 0 saturated heterocycles. The van der Waals surface area contributed by atoms with E-state index in [9.17, 15) is 0 Å². The number of thioether (sulfide) groups is 2. The molecule has 0 aliphatic carbocycles. The van der Waals surface area contributed by atoms with Crippen molar-refractivity contribution in [2.45, 2.75) is 27.7 Å². The molecule has 0 aromatic rings. The van der Waals surface area contributed by atoms with Crippen LogP contribution in [0, 0.1) is 0 Å². The Bertz CT molecular complexity index is 191. The fourth-order valence-corrected chi connectivity index (χ4v) is 3.07. The van der Waals surface area contributed by atoms with Crippen LogP contribution >= 0.6 is 23.5 Å². The molecule has 56 valence electrons. The normalized spacial score (nSPS) is 18.6. The molecule has 0 fully saturated rings. The molecular weight excluding hydrogens is 160 g/mol. The summed E-state index contributed by atoms with van der Waals surface area (Å²) in [6.07, 6.45) is 0. The van der Waals surface area contributed by atoms with E-state index in [4.69, 9.17) is 0 Å². The van der Waals surface area contributed by atoms with Gasteiger partial charge in [0.05, 0.1) is 0 Å². The first kappa shape index (κ1) is 8.28. The van der Waals surface area contributed by atoms with E-state index in [1.54, 1.807) is 0 Å². The summed E-state index contributed by atoms with van der Waals surface area (Å²) in [5.74, 6) is 0. The van der Waals surface area contributed by atoms with Gasteiger partial charge in [-0.2, -0.15) is 0 Å². The monoisotopic (exact) mass is 172 g/mol. The topological polar surface area (TPSA) is 0 Å². The summed E-state index contributed by atoms with van der Waals surface area (Å²) in [6.45, 7) is 8.70. The molecule has 0 saturated carbocycles. The third kappa shape index (κ3) is 1.61. The Morgan fingerprint density at radius 2 is 1.40 bits per heavy atom. The molecule has 0 N–H and O–H groups in total. The van der Waals surface area contributed by atoms with E-state index in [0.717, 1.165) is 0 Å². The molecule has 2 heteroatoms. The molecule has 10 heavy (non-hydrogen) atoms. The van der Waals surface area contributed by atoms with Gasteiger partial charge in [-0.1, -0.05) is 29.1 Å². The van der Waals surface area contributed by atoms with Crippen LogP contribution in [0.15, 0.2) is 19.6 Å². The van der Waals surface area contributed by atoms with Gasteiger partial charge in [-0.25, -0.2) is 0 Å². The van der Waals surface area contributed by atoms with Crippen LogP contribution in [0.1, 0.15) is 27.7 Å². The number of rotatable bonds is 0. The van der Waals surface area contributed by atoms with Crippen LogP contribution in [0.3, 0.4) is 0 Å². The second-order valence-electron chi connectivity index (χ2n) is 2.60. The van der Waals surface area contributed by atoms with E-state index in [1.165, 1.54) is 19.6 Å². The lowest BCUT2D eigenvalue weighted by atomic mass is 10.4. The van der Waals surface area contributed by atoms with Crippen LogP contribution in [-0.4, -0.2) is 0 Å². The Hall–Kier alpha value is 0.180. The molecule has 0 nitrogen and oxygen atoms in total. The first-order valence-corrected chi connectivity index (χ1v) is 4.95. The van der Waals surface area contributed by atoms with Crippen LogP contribution in [-0.2, 0) is 0 Å². The van der Waals surface area contributed by atoms with Gasteiger partial charge in [-0.15, -0.1) is 0 Å². The Morgan fingerprint density at radius 3 is 1.60 bits per heavy atom. The summed E-state index contributed by atoms with van der Waals surface area (Å²) in [7, 11) is 0. The van der Waals surface area contributed by atoms with Crippen molar-refractivity contribution in [1.82, 2.24) is 0 Å². The van der Waals surface area contributed by atoms with Gasteiger partial charge in [0.2, 0.25) is 0 Å². The summed E-state index contributed by atoms with van der Waals surface area (Å²) in [6, 6.07) is 0. The third-order valence-electron chi connectivity index (χ3n) is 1.40. The van der Waals surface area contributed by atoms with Gasteiger partial charge < -0.3 is 0 Å².